The molecule has 0 saturated carbocycles. The number of nitrogens with one attached hydrogen (secondary N) is 1. The monoisotopic (exact) mass is 272 g/mol. The molecule has 4 heteroatoms. The van der Waals surface area contributed by atoms with Gasteiger partial charge in [-0.15, -0.1) is 0 Å². The Labute approximate surface area is 119 Å². The number of aliphatic hydroxyl groups is 1. The maximum absolute atomic E-state index is 12.2. The lowest BCUT2D eigenvalue weighted by Crippen LogP contribution is -2.35. The van der Waals surface area contributed by atoms with Crippen molar-refractivity contribution in [3.8, 4) is 5.69 Å². The van der Waals surface area contributed by atoms with E-state index in [1.54, 1.807) is 6.92 Å². The first-order valence-electron chi connectivity index (χ1n) is 6.70. The molecule has 0 bridgehead atoms. The van der Waals surface area contributed by atoms with E-state index in [2.05, 4.69) is 9.88 Å². The van der Waals surface area contributed by atoms with E-state index in [4.69, 9.17) is 5.11 Å². The Morgan fingerprint density at radius 1 is 1.30 bits per heavy atom. The topological polar surface area (TPSA) is 54.3 Å². The molecule has 0 aliphatic heterocycles. The molecule has 0 fully saturated rings. The first-order valence-corrected chi connectivity index (χ1v) is 6.70. The Bertz CT molecular complexity index is 602. The number of carbonyl (C=O) groups excluding carboxylic acids is 1. The van der Waals surface area contributed by atoms with Gasteiger partial charge in [0, 0.05) is 23.1 Å². The van der Waals surface area contributed by atoms with E-state index >= 15 is 0 Å². The van der Waals surface area contributed by atoms with E-state index < -0.39 is 0 Å². The molecule has 0 saturated heterocycles. The van der Waals surface area contributed by atoms with Crippen LogP contribution in [0, 0.1) is 13.8 Å². The normalized spacial score (nSPS) is 12.2. The summed E-state index contributed by atoms with van der Waals surface area (Å²) in [7, 11) is 0. The van der Waals surface area contributed by atoms with Crippen LogP contribution in [0.25, 0.3) is 5.69 Å². The van der Waals surface area contributed by atoms with Gasteiger partial charge in [-0.1, -0.05) is 18.2 Å². The predicted molar refractivity (Wildman–Crippen MR) is 79.3 cm³/mol. The molecule has 0 spiro atoms. The fourth-order valence-corrected chi connectivity index (χ4v) is 2.31. The van der Waals surface area contributed by atoms with Crippen LogP contribution in [0.1, 0.15) is 28.7 Å². The maximum atomic E-state index is 12.2. The van der Waals surface area contributed by atoms with Crippen LogP contribution in [0.5, 0.6) is 0 Å². The van der Waals surface area contributed by atoms with Crippen molar-refractivity contribution >= 4 is 5.91 Å². The molecule has 1 atom stereocenters. The second-order valence-corrected chi connectivity index (χ2v) is 5.01. The molecule has 0 radical (unpaired) electrons. The summed E-state index contributed by atoms with van der Waals surface area (Å²) in [6.07, 6.45) is 0. The van der Waals surface area contributed by atoms with Crippen molar-refractivity contribution in [1.29, 1.82) is 0 Å². The summed E-state index contributed by atoms with van der Waals surface area (Å²) in [4.78, 5) is 12.2. The molecule has 1 aromatic carbocycles. The number of rotatable bonds is 4. The summed E-state index contributed by atoms with van der Waals surface area (Å²) in [5, 5.41) is 11.8. The van der Waals surface area contributed by atoms with Crippen molar-refractivity contribution in [2.45, 2.75) is 26.8 Å². The molecule has 20 heavy (non-hydrogen) atoms. The number of para-hydroxylation sites is 1. The fraction of sp³-hybridized carbons (Fsp3) is 0.312. The summed E-state index contributed by atoms with van der Waals surface area (Å²) in [6, 6.07) is 11.6. The molecule has 0 aliphatic rings. The van der Waals surface area contributed by atoms with Crippen molar-refractivity contribution in [2.75, 3.05) is 6.61 Å². The van der Waals surface area contributed by atoms with Crippen molar-refractivity contribution in [3.63, 3.8) is 0 Å². The van der Waals surface area contributed by atoms with E-state index in [1.807, 2.05) is 50.2 Å². The minimum atomic E-state index is -0.248. The first kappa shape index (κ1) is 14.3. The molecular formula is C16H20N2O2. The highest BCUT2D eigenvalue weighted by atomic mass is 16.3. The molecular weight excluding hydrogens is 252 g/mol. The van der Waals surface area contributed by atoms with Crippen LogP contribution < -0.4 is 5.32 Å². The molecule has 2 N–H and O–H groups in total. The van der Waals surface area contributed by atoms with Gasteiger partial charge in [0.1, 0.15) is 0 Å². The van der Waals surface area contributed by atoms with E-state index in [9.17, 15) is 4.79 Å². The molecule has 2 aromatic rings. The highest BCUT2D eigenvalue weighted by Crippen LogP contribution is 2.20. The Morgan fingerprint density at radius 3 is 2.55 bits per heavy atom. The number of nitrogens with zero attached hydrogens (tertiary/aromatic N) is 1. The third-order valence-corrected chi connectivity index (χ3v) is 3.34. The SMILES string of the molecule is Cc1cc(C(=O)N[C@H](C)CO)c(C)n1-c1ccccc1. The standard InChI is InChI=1S/C16H20N2O2/c1-11(10-19)17-16(20)15-9-12(2)18(13(15)3)14-7-5-4-6-8-14/h4-9,11,19H,10H2,1-3H3,(H,17,20)/t11-/m1/s1. The molecule has 2 rings (SSSR count). The summed E-state index contributed by atoms with van der Waals surface area (Å²) < 4.78 is 2.05. The number of amides is 1. The van der Waals surface area contributed by atoms with Crippen LogP contribution in [0.4, 0.5) is 0 Å². The molecule has 1 aromatic heterocycles. The molecule has 0 aliphatic carbocycles. The number of carbonyl (C=O) groups is 1. The fourth-order valence-electron chi connectivity index (χ4n) is 2.31. The second-order valence-electron chi connectivity index (χ2n) is 5.01. The van der Waals surface area contributed by atoms with Crippen molar-refractivity contribution in [1.82, 2.24) is 9.88 Å². The summed E-state index contributed by atoms with van der Waals surface area (Å²) >= 11 is 0. The van der Waals surface area contributed by atoms with E-state index in [1.165, 1.54) is 0 Å². The zero-order valence-corrected chi connectivity index (χ0v) is 12.1. The van der Waals surface area contributed by atoms with Crippen LogP contribution in [0.3, 0.4) is 0 Å². The summed E-state index contributed by atoms with van der Waals surface area (Å²) in [6.45, 7) is 5.61. The molecule has 0 unspecified atom stereocenters. The first-order chi connectivity index (χ1) is 9.54. The zero-order chi connectivity index (χ0) is 14.7. The van der Waals surface area contributed by atoms with Gasteiger partial charge in [0.2, 0.25) is 0 Å². The van der Waals surface area contributed by atoms with Crippen LogP contribution >= 0.6 is 0 Å². The smallest absolute Gasteiger partial charge is 0.253 e. The number of benzene rings is 1. The highest BCUT2D eigenvalue weighted by molar-refractivity contribution is 5.96. The van der Waals surface area contributed by atoms with Crippen LogP contribution in [-0.4, -0.2) is 28.2 Å². The number of aliphatic hydroxyl groups excluding tert-OH is 1. The average molecular weight is 272 g/mol. The van der Waals surface area contributed by atoms with Gasteiger partial charge < -0.3 is 15.0 Å². The number of aromatic nitrogens is 1. The predicted octanol–water partition coefficient (Wildman–Crippen LogP) is 2.20. The second kappa shape index (κ2) is 5.92. The van der Waals surface area contributed by atoms with Gasteiger partial charge in [-0.25, -0.2) is 0 Å². The van der Waals surface area contributed by atoms with Crippen molar-refractivity contribution in [2.24, 2.45) is 0 Å². The van der Waals surface area contributed by atoms with Crippen molar-refractivity contribution in [3.05, 3.63) is 53.3 Å². The Hall–Kier alpha value is -2.07. The lowest BCUT2D eigenvalue weighted by Gasteiger charge is -2.12. The third kappa shape index (κ3) is 2.75. The summed E-state index contributed by atoms with van der Waals surface area (Å²) in [5.74, 6) is -0.151. The van der Waals surface area contributed by atoms with E-state index in [0.717, 1.165) is 17.1 Å². The lowest BCUT2D eigenvalue weighted by atomic mass is 10.2. The van der Waals surface area contributed by atoms with Crippen molar-refractivity contribution < 1.29 is 9.90 Å². The lowest BCUT2D eigenvalue weighted by molar-refractivity contribution is 0.0921. The van der Waals surface area contributed by atoms with Gasteiger partial charge in [-0.2, -0.15) is 0 Å². The quantitative estimate of drug-likeness (QED) is 0.896. The largest absolute Gasteiger partial charge is 0.394 e. The van der Waals surface area contributed by atoms with E-state index in [0.29, 0.717) is 5.56 Å². The summed E-state index contributed by atoms with van der Waals surface area (Å²) in [5.41, 5.74) is 3.59. The highest BCUT2D eigenvalue weighted by Gasteiger charge is 2.17. The Morgan fingerprint density at radius 2 is 1.95 bits per heavy atom. The maximum Gasteiger partial charge on any atom is 0.253 e. The zero-order valence-electron chi connectivity index (χ0n) is 12.1. The van der Waals surface area contributed by atoms with Crippen LogP contribution in [-0.2, 0) is 0 Å². The molecule has 1 heterocycles. The van der Waals surface area contributed by atoms with Gasteiger partial charge in [0.25, 0.3) is 5.91 Å². The van der Waals surface area contributed by atoms with Crippen LogP contribution in [0.15, 0.2) is 36.4 Å². The van der Waals surface area contributed by atoms with Gasteiger partial charge in [-0.3, -0.25) is 4.79 Å². The van der Waals surface area contributed by atoms with Gasteiger partial charge >= 0.3 is 0 Å². The minimum absolute atomic E-state index is 0.0663. The third-order valence-electron chi connectivity index (χ3n) is 3.34. The number of aryl methyl sites for hydroxylation is 1. The van der Waals surface area contributed by atoms with Gasteiger partial charge in [-0.05, 0) is 39.0 Å². The Kier molecular flexibility index (Phi) is 4.25. The van der Waals surface area contributed by atoms with Gasteiger partial charge in [0.15, 0.2) is 0 Å². The number of hydrogen-bond acceptors (Lipinski definition) is 2. The van der Waals surface area contributed by atoms with Gasteiger partial charge in [0.05, 0.1) is 12.2 Å². The Balaban J connectivity index is 2.37. The van der Waals surface area contributed by atoms with E-state index in [-0.39, 0.29) is 18.6 Å². The number of hydrogen-bond donors (Lipinski definition) is 2. The molecule has 4 nitrogen and oxygen atoms in total. The molecule has 106 valence electrons. The van der Waals surface area contributed by atoms with Crippen LogP contribution in [0.2, 0.25) is 0 Å². The molecule has 1 amide bonds. The average Bonchev–Trinajstić information content (AvgIpc) is 2.75. The minimum Gasteiger partial charge on any atom is -0.394 e.